The van der Waals surface area contributed by atoms with Crippen molar-refractivity contribution in [1.29, 1.82) is 0 Å². The first kappa shape index (κ1) is 20.6. The molecule has 1 aromatic heterocycles. The molecule has 164 valence electrons. The molecule has 0 radical (unpaired) electrons. The first-order valence-corrected chi connectivity index (χ1v) is 10.3. The first-order valence-electron chi connectivity index (χ1n) is 10.3. The Morgan fingerprint density at radius 1 is 1.00 bits per heavy atom. The minimum Gasteiger partial charge on any atom is -0.494 e. The number of ether oxygens (including phenoxy) is 1. The fraction of sp³-hybridized carbons (Fsp3) is 0.120. The standard InChI is InChI=1S/C25H19FN4O3/c1-32-21-14-17(11-12-19(21)26)24-29-30-25(33-24)28-23-20(31)13-16-9-5-6-10-18(16)22(27-23)15-7-3-2-4-8-15/h2-12,14,23H,13H2,1H3,(H,28,30). The number of hydrogen-bond donors (Lipinski definition) is 1. The molecule has 0 fully saturated rings. The molecule has 33 heavy (non-hydrogen) atoms. The van der Waals surface area contributed by atoms with Crippen molar-refractivity contribution < 1.29 is 18.3 Å². The molecule has 8 heteroatoms. The van der Waals surface area contributed by atoms with Crippen LogP contribution in [0.15, 0.2) is 82.2 Å². The van der Waals surface area contributed by atoms with Crippen molar-refractivity contribution in [1.82, 2.24) is 10.2 Å². The van der Waals surface area contributed by atoms with Gasteiger partial charge in [0.25, 0.3) is 0 Å². The van der Waals surface area contributed by atoms with Gasteiger partial charge in [0, 0.05) is 23.1 Å². The third kappa shape index (κ3) is 4.10. The zero-order chi connectivity index (χ0) is 22.8. The molecule has 0 spiro atoms. The summed E-state index contributed by atoms with van der Waals surface area (Å²) in [6, 6.07) is 21.7. The van der Waals surface area contributed by atoms with E-state index in [4.69, 9.17) is 14.1 Å². The van der Waals surface area contributed by atoms with Crippen molar-refractivity contribution in [3.63, 3.8) is 0 Å². The van der Waals surface area contributed by atoms with Crippen LogP contribution in [0.5, 0.6) is 5.75 Å². The Morgan fingerprint density at radius 3 is 2.61 bits per heavy atom. The zero-order valence-electron chi connectivity index (χ0n) is 17.7. The fourth-order valence-corrected chi connectivity index (χ4v) is 3.71. The molecule has 1 atom stereocenters. The maximum atomic E-state index is 13.7. The third-order valence-electron chi connectivity index (χ3n) is 5.33. The largest absolute Gasteiger partial charge is 0.494 e. The van der Waals surface area contributed by atoms with Gasteiger partial charge in [-0.3, -0.25) is 9.79 Å². The van der Waals surface area contributed by atoms with Gasteiger partial charge in [-0.25, -0.2) is 4.39 Å². The van der Waals surface area contributed by atoms with Crippen molar-refractivity contribution in [2.75, 3.05) is 12.4 Å². The number of fused-ring (bicyclic) bond motifs is 1. The summed E-state index contributed by atoms with van der Waals surface area (Å²) in [6.07, 6.45) is -0.701. The Kier molecular flexibility index (Phi) is 5.40. The number of rotatable bonds is 5. The van der Waals surface area contributed by atoms with Crippen molar-refractivity contribution in [3.05, 3.63) is 95.3 Å². The quantitative estimate of drug-likeness (QED) is 0.496. The van der Waals surface area contributed by atoms with E-state index in [0.29, 0.717) is 11.3 Å². The van der Waals surface area contributed by atoms with Gasteiger partial charge in [0.15, 0.2) is 23.5 Å². The number of ketones is 1. The molecule has 0 saturated heterocycles. The lowest BCUT2D eigenvalue weighted by Crippen LogP contribution is -2.29. The molecule has 0 aliphatic carbocycles. The Morgan fingerprint density at radius 2 is 1.79 bits per heavy atom. The molecular weight excluding hydrogens is 423 g/mol. The number of aromatic nitrogens is 2. The monoisotopic (exact) mass is 442 g/mol. The zero-order valence-corrected chi connectivity index (χ0v) is 17.7. The minimum absolute atomic E-state index is 0.0359. The summed E-state index contributed by atoms with van der Waals surface area (Å²) in [4.78, 5) is 17.8. The maximum Gasteiger partial charge on any atom is 0.317 e. The van der Waals surface area contributed by atoms with Gasteiger partial charge >= 0.3 is 6.01 Å². The fourth-order valence-electron chi connectivity index (χ4n) is 3.71. The Labute approximate surface area is 189 Å². The van der Waals surface area contributed by atoms with Crippen LogP contribution in [0.1, 0.15) is 16.7 Å². The summed E-state index contributed by atoms with van der Waals surface area (Å²) in [5, 5.41) is 11.0. The molecular formula is C25H19FN4O3. The van der Waals surface area contributed by atoms with Gasteiger partial charge in [-0.15, -0.1) is 5.10 Å². The Balaban J connectivity index is 1.48. The first-order chi connectivity index (χ1) is 16.1. The van der Waals surface area contributed by atoms with E-state index in [1.807, 2.05) is 54.6 Å². The lowest BCUT2D eigenvalue weighted by molar-refractivity contribution is -0.119. The number of hydrogen-bond acceptors (Lipinski definition) is 7. The molecule has 7 nitrogen and oxygen atoms in total. The van der Waals surface area contributed by atoms with Crippen molar-refractivity contribution in [3.8, 4) is 17.2 Å². The van der Waals surface area contributed by atoms with E-state index in [2.05, 4.69) is 15.5 Å². The number of Topliss-reactive ketones (excluding diaryl/α,β-unsaturated/α-hetero) is 1. The van der Waals surface area contributed by atoms with E-state index in [9.17, 15) is 9.18 Å². The van der Waals surface area contributed by atoms with Crippen LogP contribution in [0.4, 0.5) is 10.4 Å². The van der Waals surface area contributed by atoms with E-state index < -0.39 is 12.0 Å². The summed E-state index contributed by atoms with van der Waals surface area (Å²) in [5.41, 5.74) is 3.90. The van der Waals surface area contributed by atoms with E-state index in [1.165, 1.54) is 25.3 Å². The summed E-state index contributed by atoms with van der Waals surface area (Å²) >= 11 is 0. The van der Waals surface area contributed by atoms with Crippen LogP contribution in [-0.2, 0) is 11.2 Å². The van der Waals surface area contributed by atoms with Gasteiger partial charge in [0.2, 0.25) is 5.89 Å². The average Bonchev–Trinajstić information content (AvgIpc) is 3.26. The van der Waals surface area contributed by atoms with Crippen molar-refractivity contribution >= 4 is 17.5 Å². The number of nitrogens with one attached hydrogen (secondary N) is 1. The number of benzene rings is 3. The van der Waals surface area contributed by atoms with Crippen LogP contribution < -0.4 is 10.1 Å². The number of carbonyl (C=O) groups is 1. The number of anilines is 1. The van der Waals surface area contributed by atoms with Crippen LogP contribution in [0.3, 0.4) is 0 Å². The second kappa shape index (κ2) is 8.66. The minimum atomic E-state index is -0.913. The molecule has 1 aliphatic rings. The molecule has 2 heterocycles. The van der Waals surface area contributed by atoms with Crippen LogP contribution in [0, 0.1) is 5.82 Å². The molecule has 5 rings (SSSR count). The summed E-state index contributed by atoms with van der Waals surface area (Å²) in [6.45, 7) is 0. The topological polar surface area (TPSA) is 89.6 Å². The molecule has 4 aromatic rings. The normalized spacial score (nSPS) is 15.4. The molecule has 3 aromatic carbocycles. The highest BCUT2D eigenvalue weighted by atomic mass is 19.1. The number of methoxy groups -OCH3 is 1. The van der Waals surface area contributed by atoms with Gasteiger partial charge in [0.1, 0.15) is 0 Å². The van der Waals surface area contributed by atoms with Crippen LogP contribution in [0.25, 0.3) is 11.5 Å². The lowest BCUT2D eigenvalue weighted by atomic mass is 9.96. The Hall–Kier alpha value is -4.33. The SMILES string of the molecule is COc1cc(-c2nnc(NC3N=C(c4ccccc4)c4ccccc4CC3=O)o2)ccc1F. The van der Waals surface area contributed by atoms with Crippen LogP contribution in [-0.4, -0.2) is 35.0 Å². The van der Waals surface area contributed by atoms with Crippen LogP contribution >= 0.6 is 0 Å². The van der Waals surface area contributed by atoms with Gasteiger partial charge < -0.3 is 14.5 Å². The number of nitrogens with zero attached hydrogens (tertiary/aromatic N) is 3. The third-order valence-corrected chi connectivity index (χ3v) is 5.33. The predicted molar refractivity (Wildman–Crippen MR) is 121 cm³/mol. The van der Waals surface area contributed by atoms with Gasteiger partial charge in [-0.05, 0) is 23.8 Å². The molecule has 1 N–H and O–H groups in total. The Bertz CT molecular complexity index is 1350. The molecule has 0 amide bonds. The van der Waals surface area contributed by atoms with E-state index in [-0.39, 0.29) is 29.9 Å². The highest BCUT2D eigenvalue weighted by Gasteiger charge is 2.27. The van der Waals surface area contributed by atoms with E-state index in [0.717, 1.165) is 16.7 Å². The summed E-state index contributed by atoms with van der Waals surface area (Å²) < 4.78 is 24.4. The maximum absolute atomic E-state index is 13.7. The summed E-state index contributed by atoms with van der Waals surface area (Å²) in [7, 11) is 1.38. The highest BCUT2D eigenvalue weighted by molar-refractivity contribution is 6.16. The van der Waals surface area contributed by atoms with Crippen molar-refractivity contribution in [2.24, 2.45) is 4.99 Å². The van der Waals surface area contributed by atoms with Gasteiger partial charge in [-0.1, -0.05) is 59.7 Å². The second-order valence-electron chi connectivity index (χ2n) is 7.45. The number of aliphatic imine (C=N–C) groups is 1. The molecule has 0 bridgehead atoms. The van der Waals surface area contributed by atoms with Crippen LogP contribution in [0.2, 0.25) is 0 Å². The molecule has 0 saturated carbocycles. The average molecular weight is 442 g/mol. The summed E-state index contributed by atoms with van der Waals surface area (Å²) in [5.74, 6) is -0.400. The van der Waals surface area contributed by atoms with E-state index in [1.54, 1.807) is 0 Å². The molecule has 1 unspecified atom stereocenters. The van der Waals surface area contributed by atoms with Gasteiger partial charge in [-0.2, -0.15) is 0 Å². The van der Waals surface area contributed by atoms with E-state index >= 15 is 0 Å². The highest BCUT2D eigenvalue weighted by Crippen LogP contribution is 2.27. The lowest BCUT2D eigenvalue weighted by Gasteiger charge is -2.11. The smallest absolute Gasteiger partial charge is 0.317 e. The second-order valence-corrected chi connectivity index (χ2v) is 7.45. The van der Waals surface area contributed by atoms with Gasteiger partial charge in [0.05, 0.1) is 12.8 Å². The predicted octanol–water partition coefficient (Wildman–Crippen LogP) is 4.29. The van der Waals surface area contributed by atoms with Crippen molar-refractivity contribution in [2.45, 2.75) is 12.6 Å². The number of halogens is 1. The molecule has 1 aliphatic heterocycles. The number of carbonyl (C=O) groups excluding carboxylic acids is 1.